The molecular weight excluding hydrogens is 496 g/mol. The summed E-state index contributed by atoms with van der Waals surface area (Å²) in [7, 11) is 0. The Bertz CT molecular complexity index is 1070. The van der Waals surface area contributed by atoms with Crippen LogP contribution in [0.5, 0.6) is 11.5 Å². The Kier molecular flexibility index (Phi) is 8.58. The van der Waals surface area contributed by atoms with Crippen LogP contribution in [0.25, 0.3) is 0 Å². The molecule has 15 heteroatoms. The van der Waals surface area contributed by atoms with Crippen LogP contribution in [0.1, 0.15) is 37.0 Å². The minimum Gasteiger partial charge on any atom is -0.504 e. The second-order valence-electron chi connectivity index (χ2n) is 7.62. The molecule has 0 spiro atoms. The second kappa shape index (κ2) is 10.8. The van der Waals surface area contributed by atoms with Crippen LogP contribution in [0.4, 0.5) is 0 Å². The smallest absolute Gasteiger partial charge is 0.328 e. The Balaban J connectivity index is 1.98. The molecule has 1 aromatic rings. The number of β-lactam (4-membered cyclic amide) rings is 1. The average molecular weight is 519 g/mol. The lowest BCUT2D eigenvalue weighted by Crippen LogP contribution is -2.67. The SMILES string of the molecule is C[C@@H]1CC(=O)N1[C@@H](C(=O)O)[C@](C)(/C=N/NC(=O)CCNC(=O)c1ccc(O)c(O)c1Cl)S(=O)O. The third-order valence-corrected chi connectivity index (χ3v) is 6.62. The number of carbonyl (C=O) groups is 4. The molecule has 6 N–H and O–H groups in total. The molecule has 1 aliphatic rings. The van der Waals surface area contributed by atoms with Gasteiger partial charge in [0.05, 0.1) is 10.6 Å². The zero-order valence-corrected chi connectivity index (χ0v) is 19.6. The molecule has 1 unspecified atom stereocenters. The lowest BCUT2D eigenvalue weighted by atomic mass is 9.92. The highest BCUT2D eigenvalue weighted by molar-refractivity contribution is 7.81. The van der Waals surface area contributed by atoms with Crippen molar-refractivity contribution in [3.8, 4) is 11.5 Å². The number of phenolic OH excluding ortho intramolecular Hbond substituents is 2. The molecule has 1 aromatic carbocycles. The summed E-state index contributed by atoms with van der Waals surface area (Å²) in [5.74, 6) is -4.62. The minimum atomic E-state index is -2.77. The van der Waals surface area contributed by atoms with Crippen molar-refractivity contribution in [3.05, 3.63) is 22.7 Å². The van der Waals surface area contributed by atoms with E-state index in [4.69, 9.17) is 11.6 Å². The fourth-order valence-electron chi connectivity index (χ4n) is 3.24. The number of aliphatic carboxylic acids is 1. The van der Waals surface area contributed by atoms with Crippen LogP contribution in [0.15, 0.2) is 17.2 Å². The van der Waals surface area contributed by atoms with Crippen molar-refractivity contribution in [2.75, 3.05) is 6.54 Å². The predicted molar refractivity (Wildman–Crippen MR) is 120 cm³/mol. The van der Waals surface area contributed by atoms with Gasteiger partial charge in [0, 0.05) is 31.6 Å². The summed E-state index contributed by atoms with van der Waals surface area (Å²) in [5.41, 5.74) is 1.93. The van der Waals surface area contributed by atoms with Crippen LogP contribution in [0.2, 0.25) is 5.02 Å². The number of likely N-dealkylation sites (tertiary alicyclic amines) is 1. The van der Waals surface area contributed by atoms with Crippen LogP contribution < -0.4 is 10.7 Å². The number of carboxylic acid groups (broad SMARTS) is 1. The van der Waals surface area contributed by atoms with Gasteiger partial charge in [0.15, 0.2) is 28.6 Å². The van der Waals surface area contributed by atoms with E-state index in [2.05, 4.69) is 15.8 Å². The third kappa shape index (κ3) is 5.63. The van der Waals surface area contributed by atoms with E-state index in [1.807, 2.05) is 0 Å². The Morgan fingerprint density at radius 1 is 1.38 bits per heavy atom. The molecule has 0 saturated carbocycles. The van der Waals surface area contributed by atoms with Crippen molar-refractivity contribution in [1.29, 1.82) is 0 Å². The summed E-state index contributed by atoms with van der Waals surface area (Å²) in [6, 6.07) is 0.0988. The molecule has 0 aliphatic carbocycles. The predicted octanol–water partition coefficient (Wildman–Crippen LogP) is 0.0275. The molecular formula is C19H23ClN4O9S. The van der Waals surface area contributed by atoms with Crippen molar-refractivity contribution in [2.24, 2.45) is 5.10 Å². The molecule has 1 heterocycles. The van der Waals surface area contributed by atoms with Crippen LogP contribution >= 0.6 is 11.6 Å². The molecule has 186 valence electrons. The third-order valence-electron chi connectivity index (χ3n) is 5.15. The Morgan fingerprint density at radius 3 is 2.56 bits per heavy atom. The summed E-state index contributed by atoms with van der Waals surface area (Å²) in [4.78, 5) is 48.8. The lowest BCUT2D eigenvalue weighted by molar-refractivity contribution is -0.161. The number of halogens is 1. The molecule has 2 rings (SSSR count). The first-order valence-electron chi connectivity index (χ1n) is 9.77. The molecule has 1 fully saturated rings. The number of nitrogens with one attached hydrogen (secondary N) is 2. The van der Waals surface area contributed by atoms with Crippen LogP contribution in [0.3, 0.4) is 0 Å². The molecule has 1 aliphatic heterocycles. The summed E-state index contributed by atoms with van der Waals surface area (Å²) < 4.78 is 19.7. The van der Waals surface area contributed by atoms with E-state index in [1.54, 1.807) is 6.92 Å². The van der Waals surface area contributed by atoms with Crippen LogP contribution in [-0.4, -0.2) is 82.3 Å². The van der Waals surface area contributed by atoms with Crippen molar-refractivity contribution < 1.29 is 43.3 Å². The first kappa shape index (κ1) is 27.0. The van der Waals surface area contributed by atoms with E-state index < -0.39 is 63.1 Å². The summed E-state index contributed by atoms with van der Waals surface area (Å²) in [6.07, 6.45) is 0.607. The molecule has 0 bridgehead atoms. The number of aromatic hydroxyl groups is 2. The van der Waals surface area contributed by atoms with Crippen molar-refractivity contribution >= 4 is 52.6 Å². The Morgan fingerprint density at radius 2 is 2.03 bits per heavy atom. The number of benzene rings is 1. The summed E-state index contributed by atoms with van der Waals surface area (Å²) >= 11 is 3.02. The van der Waals surface area contributed by atoms with Gasteiger partial charge < -0.3 is 30.1 Å². The normalized spacial score (nSPS) is 19.1. The van der Waals surface area contributed by atoms with Crippen molar-refractivity contribution in [3.63, 3.8) is 0 Å². The average Bonchev–Trinajstić information content (AvgIpc) is 2.75. The number of hydrogen-bond acceptors (Lipinski definition) is 8. The van der Waals surface area contributed by atoms with Gasteiger partial charge in [-0.3, -0.25) is 14.4 Å². The zero-order valence-electron chi connectivity index (χ0n) is 18.0. The quantitative estimate of drug-likeness (QED) is 0.0810. The van der Waals surface area contributed by atoms with Gasteiger partial charge in [0.2, 0.25) is 11.8 Å². The van der Waals surface area contributed by atoms with E-state index in [0.717, 1.165) is 24.1 Å². The Hall–Kier alpha value is -3.23. The number of amides is 3. The fraction of sp³-hybridized carbons (Fsp3) is 0.421. The molecule has 13 nitrogen and oxygen atoms in total. The Labute approximate surface area is 201 Å². The molecule has 4 atom stereocenters. The highest BCUT2D eigenvalue weighted by Gasteiger charge is 2.53. The largest absolute Gasteiger partial charge is 0.504 e. The van der Waals surface area contributed by atoms with Gasteiger partial charge >= 0.3 is 5.97 Å². The van der Waals surface area contributed by atoms with Gasteiger partial charge in [-0.05, 0) is 26.0 Å². The molecule has 0 aromatic heterocycles. The van der Waals surface area contributed by atoms with Gasteiger partial charge in [0.1, 0.15) is 4.75 Å². The lowest BCUT2D eigenvalue weighted by Gasteiger charge is -2.46. The minimum absolute atomic E-state index is 0.104. The summed E-state index contributed by atoms with van der Waals surface area (Å²) in [6.45, 7) is 2.53. The van der Waals surface area contributed by atoms with E-state index in [1.165, 1.54) is 6.07 Å². The second-order valence-corrected chi connectivity index (χ2v) is 9.38. The highest BCUT2D eigenvalue weighted by atomic mass is 35.5. The number of carbonyl (C=O) groups excluding carboxylic acids is 3. The topological polar surface area (TPSA) is 206 Å². The van der Waals surface area contributed by atoms with E-state index in [-0.39, 0.29) is 30.0 Å². The maximum Gasteiger partial charge on any atom is 0.328 e. The fourth-order valence-corrected chi connectivity index (χ4v) is 4.04. The van der Waals surface area contributed by atoms with E-state index in [0.29, 0.717) is 0 Å². The number of hydrazone groups is 1. The van der Waals surface area contributed by atoms with Gasteiger partial charge in [-0.2, -0.15) is 5.10 Å². The molecule has 3 amide bonds. The van der Waals surface area contributed by atoms with E-state index in [9.17, 15) is 43.3 Å². The van der Waals surface area contributed by atoms with Gasteiger partial charge in [0.25, 0.3) is 5.91 Å². The van der Waals surface area contributed by atoms with Gasteiger partial charge in [-0.25, -0.2) is 14.4 Å². The van der Waals surface area contributed by atoms with Crippen molar-refractivity contribution in [2.45, 2.75) is 43.5 Å². The monoisotopic (exact) mass is 518 g/mol. The van der Waals surface area contributed by atoms with Crippen LogP contribution in [0, 0.1) is 0 Å². The van der Waals surface area contributed by atoms with Gasteiger partial charge in [-0.1, -0.05) is 11.6 Å². The number of rotatable bonds is 10. The first-order chi connectivity index (χ1) is 15.8. The first-order valence-corrected chi connectivity index (χ1v) is 11.3. The maximum atomic E-state index is 12.1. The molecule has 0 radical (unpaired) electrons. The molecule has 34 heavy (non-hydrogen) atoms. The highest BCUT2D eigenvalue weighted by Crippen LogP contribution is 2.35. The standard InChI is InChI=1S/C19H23ClN4O9S/c1-9-7-13(27)24(9)16(18(30)31)19(2,34(32)33)8-22-23-12(26)5-6-21-17(29)10-3-4-11(25)15(28)14(10)20/h3-4,8-9,16,25,28H,5-7H2,1-2H3,(H,21,29)(H,23,26)(H,30,31)(H,32,33)/b22-8+/t9-,16+,19+/m1/s1. The zero-order chi connectivity index (χ0) is 25.8. The number of carboxylic acids is 1. The molecule has 1 saturated heterocycles. The van der Waals surface area contributed by atoms with E-state index >= 15 is 0 Å². The number of hydrogen-bond donors (Lipinski definition) is 6. The number of phenols is 2. The van der Waals surface area contributed by atoms with Crippen molar-refractivity contribution in [1.82, 2.24) is 15.6 Å². The maximum absolute atomic E-state index is 12.1. The van der Waals surface area contributed by atoms with Gasteiger partial charge in [-0.15, -0.1) is 0 Å². The van der Waals surface area contributed by atoms with Crippen LogP contribution in [-0.2, 0) is 25.5 Å². The summed E-state index contributed by atoms with van der Waals surface area (Å²) in [5, 5.41) is 34.1. The number of nitrogens with zero attached hydrogens (tertiary/aromatic N) is 2.